The van der Waals surface area contributed by atoms with Crippen molar-refractivity contribution < 1.29 is 37.0 Å². The molecule has 2 aromatic carbocycles. The Kier molecular flexibility index (Phi) is 7.80. The molecule has 0 N–H and O–H groups in total. The van der Waals surface area contributed by atoms with Gasteiger partial charge in [-0.05, 0) is 35.9 Å². The monoisotopic (exact) mass is 466 g/mol. The van der Waals surface area contributed by atoms with Crippen molar-refractivity contribution in [3.8, 4) is 11.5 Å². The fraction of sp³-hybridized carbons (Fsp3) is 0.391. The molecule has 1 unspecified atom stereocenters. The van der Waals surface area contributed by atoms with E-state index in [1.165, 1.54) is 31.3 Å². The molecule has 0 aromatic heterocycles. The highest BCUT2D eigenvalue weighted by atomic mass is 19.4. The normalized spacial score (nSPS) is 15.6. The van der Waals surface area contributed by atoms with Crippen molar-refractivity contribution in [3.05, 3.63) is 59.2 Å². The molecule has 0 spiro atoms. The number of amides is 1. The molecule has 1 atom stereocenters. The number of oxime groups is 1. The van der Waals surface area contributed by atoms with Crippen LogP contribution in [-0.2, 0) is 27.1 Å². The van der Waals surface area contributed by atoms with Gasteiger partial charge in [-0.3, -0.25) is 4.79 Å². The first-order valence-electron chi connectivity index (χ1n) is 10.1. The molecule has 10 heteroatoms. The summed E-state index contributed by atoms with van der Waals surface area (Å²) in [6, 6.07) is 10.1. The van der Waals surface area contributed by atoms with E-state index < -0.39 is 17.8 Å². The summed E-state index contributed by atoms with van der Waals surface area (Å²) in [5.41, 5.74) is 1.31. The van der Waals surface area contributed by atoms with Crippen LogP contribution in [0.4, 0.5) is 13.2 Å². The van der Waals surface area contributed by atoms with Crippen LogP contribution in [0.2, 0.25) is 0 Å². The molecule has 0 radical (unpaired) electrons. The van der Waals surface area contributed by atoms with E-state index in [1.807, 2.05) is 6.07 Å². The van der Waals surface area contributed by atoms with Crippen molar-refractivity contribution in [2.45, 2.75) is 25.2 Å². The van der Waals surface area contributed by atoms with Gasteiger partial charge in [0.05, 0.1) is 32.0 Å². The summed E-state index contributed by atoms with van der Waals surface area (Å²) in [7, 11) is 4.49. The lowest BCUT2D eigenvalue weighted by Crippen LogP contribution is -2.39. The summed E-state index contributed by atoms with van der Waals surface area (Å²) in [6.45, 7) is 0.159. The van der Waals surface area contributed by atoms with Gasteiger partial charge in [-0.15, -0.1) is 0 Å². The van der Waals surface area contributed by atoms with Crippen molar-refractivity contribution in [2.24, 2.45) is 5.16 Å². The number of nitrogens with zero attached hydrogens (tertiary/aromatic N) is 2. The highest BCUT2D eigenvalue weighted by Gasteiger charge is 2.31. The number of methoxy groups -OCH3 is 3. The Balaban J connectivity index is 1.68. The highest BCUT2D eigenvalue weighted by Crippen LogP contribution is 2.31. The molecular formula is C23H25F3N2O5. The average Bonchev–Trinajstić information content (AvgIpc) is 3.26. The average molecular weight is 466 g/mol. The lowest BCUT2D eigenvalue weighted by Gasteiger charge is -2.25. The van der Waals surface area contributed by atoms with Gasteiger partial charge in [-0.25, -0.2) is 0 Å². The summed E-state index contributed by atoms with van der Waals surface area (Å²) in [5.74, 6) is 0.839. The largest absolute Gasteiger partial charge is 0.493 e. The quantitative estimate of drug-likeness (QED) is 0.561. The zero-order chi connectivity index (χ0) is 24.0. The van der Waals surface area contributed by atoms with Gasteiger partial charge in [0.2, 0.25) is 5.91 Å². The zero-order valence-corrected chi connectivity index (χ0v) is 18.5. The van der Waals surface area contributed by atoms with E-state index in [2.05, 4.69) is 5.16 Å². The van der Waals surface area contributed by atoms with E-state index in [4.69, 9.17) is 19.0 Å². The first-order valence-corrected chi connectivity index (χ1v) is 10.1. The van der Waals surface area contributed by atoms with Crippen LogP contribution in [0.3, 0.4) is 0 Å². The third-order valence-electron chi connectivity index (χ3n) is 5.15. The number of benzene rings is 2. The minimum absolute atomic E-state index is 0.117. The molecule has 3 rings (SSSR count). The predicted octanol–water partition coefficient (Wildman–Crippen LogP) is 3.89. The summed E-state index contributed by atoms with van der Waals surface area (Å²) in [6.07, 6.45) is -4.39. The number of carbonyl (C=O) groups excluding carboxylic acids is 1. The Hall–Kier alpha value is -3.27. The molecule has 0 bridgehead atoms. The van der Waals surface area contributed by atoms with E-state index >= 15 is 0 Å². The Morgan fingerprint density at radius 3 is 2.39 bits per heavy atom. The minimum atomic E-state index is -4.42. The second kappa shape index (κ2) is 10.6. The Morgan fingerprint density at radius 2 is 1.79 bits per heavy atom. The van der Waals surface area contributed by atoms with Crippen molar-refractivity contribution >= 4 is 11.6 Å². The van der Waals surface area contributed by atoms with Gasteiger partial charge in [0, 0.05) is 25.6 Å². The molecule has 178 valence electrons. The molecule has 1 aliphatic heterocycles. The van der Waals surface area contributed by atoms with Crippen LogP contribution in [0.1, 0.15) is 23.1 Å². The van der Waals surface area contributed by atoms with Crippen LogP contribution in [0.5, 0.6) is 11.5 Å². The standard InChI is InChI=1S/C23H25F3N2O5/c1-30-14-22(29)28(12-15-4-7-17(8-5-15)23(24,25)26)13-18-11-19(27-33-18)16-6-9-20(31-2)21(10-16)32-3/h4-10,18H,11-14H2,1-3H3. The molecule has 1 aliphatic rings. The summed E-state index contributed by atoms with van der Waals surface area (Å²) >= 11 is 0. The number of rotatable bonds is 9. The van der Waals surface area contributed by atoms with Crippen LogP contribution in [0.15, 0.2) is 47.6 Å². The fourth-order valence-corrected chi connectivity index (χ4v) is 3.45. The maximum Gasteiger partial charge on any atom is 0.416 e. The number of hydrogen-bond acceptors (Lipinski definition) is 6. The smallest absolute Gasteiger partial charge is 0.416 e. The van der Waals surface area contributed by atoms with E-state index in [-0.39, 0.29) is 25.6 Å². The van der Waals surface area contributed by atoms with Gasteiger partial charge in [0.1, 0.15) is 6.61 Å². The third kappa shape index (κ3) is 6.16. The number of carbonyl (C=O) groups is 1. The number of halogens is 3. The van der Waals surface area contributed by atoms with Gasteiger partial charge >= 0.3 is 6.18 Å². The molecule has 33 heavy (non-hydrogen) atoms. The second-order valence-electron chi connectivity index (χ2n) is 7.44. The highest BCUT2D eigenvalue weighted by molar-refractivity contribution is 6.01. The van der Waals surface area contributed by atoms with Crippen molar-refractivity contribution in [1.29, 1.82) is 0 Å². The molecule has 0 aliphatic carbocycles. The Labute approximate surface area is 189 Å². The first kappa shape index (κ1) is 24.4. The minimum Gasteiger partial charge on any atom is -0.493 e. The first-order chi connectivity index (χ1) is 15.7. The van der Waals surface area contributed by atoms with Gasteiger partial charge in [-0.2, -0.15) is 13.2 Å². The lowest BCUT2D eigenvalue weighted by atomic mass is 10.0. The fourth-order valence-electron chi connectivity index (χ4n) is 3.45. The SMILES string of the molecule is COCC(=O)N(Cc1ccc(C(F)(F)F)cc1)CC1CC(c2ccc(OC)c(OC)c2)=NO1. The Morgan fingerprint density at radius 1 is 1.09 bits per heavy atom. The van der Waals surface area contributed by atoms with E-state index in [1.54, 1.807) is 19.2 Å². The molecule has 1 heterocycles. The third-order valence-corrected chi connectivity index (χ3v) is 5.15. The lowest BCUT2D eigenvalue weighted by molar-refractivity contribution is -0.138. The van der Waals surface area contributed by atoms with E-state index in [0.717, 1.165) is 17.7 Å². The molecular weight excluding hydrogens is 441 g/mol. The molecule has 0 fully saturated rings. The number of alkyl halides is 3. The van der Waals surface area contributed by atoms with Crippen LogP contribution < -0.4 is 9.47 Å². The van der Waals surface area contributed by atoms with Crippen molar-refractivity contribution in [2.75, 3.05) is 34.5 Å². The maximum atomic E-state index is 12.8. The maximum absolute atomic E-state index is 12.8. The van der Waals surface area contributed by atoms with Crippen molar-refractivity contribution in [3.63, 3.8) is 0 Å². The predicted molar refractivity (Wildman–Crippen MR) is 114 cm³/mol. The summed E-state index contributed by atoms with van der Waals surface area (Å²) in [4.78, 5) is 19.6. The molecule has 7 nitrogen and oxygen atoms in total. The van der Waals surface area contributed by atoms with Crippen LogP contribution in [-0.4, -0.2) is 57.1 Å². The topological polar surface area (TPSA) is 69.6 Å². The molecule has 0 saturated heterocycles. The van der Waals surface area contributed by atoms with Gasteiger partial charge < -0.3 is 23.9 Å². The number of hydrogen-bond donors (Lipinski definition) is 0. The molecule has 1 amide bonds. The molecule has 2 aromatic rings. The van der Waals surface area contributed by atoms with Gasteiger partial charge in [-0.1, -0.05) is 17.3 Å². The van der Waals surface area contributed by atoms with E-state index in [0.29, 0.717) is 29.2 Å². The van der Waals surface area contributed by atoms with Crippen LogP contribution in [0.25, 0.3) is 0 Å². The summed E-state index contributed by atoms with van der Waals surface area (Å²) in [5, 5.41) is 4.15. The summed E-state index contributed by atoms with van der Waals surface area (Å²) < 4.78 is 54.0. The number of ether oxygens (including phenoxy) is 3. The van der Waals surface area contributed by atoms with Crippen LogP contribution >= 0.6 is 0 Å². The second-order valence-corrected chi connectivity index (χ2v) is 7.44. The van der Waals surface area contributed by atoms with Gasteiger partial charge in [0.25, 0.3) is 0 Å². The van der Waals surface area contributed by atoms with Crippen LogP contribution in [0, 0.1) is 0 Å². The van der Waals surface area contributed by atoms with Gasteiger partial charge in [0.15, 0.2) is 17.6 Å². The van der Waals surface area contributed by atoms with E-state index in [9.17, 15) is 18.0 Å². The molecule has 0 saturated carbocycles. The van der Waals surface area contributed by atoms with Crippen molar-refractivity contribution in [1.82, 2.24) is 4.90 Å². The Bertz CT molecular complexity index is 993. The zero-order valence-electron chi connectivity index (χ0n) is 18.5.